The fourth-order valence-electron chi connectivity index (χ4n) is 2.05. The van der Waals surface area contributed by atoms with Crippen molar-refractivity contribution in [3.05, 3.63) is 48.6 Å². The molecule has 0 atom stereocenters. The van der Waals surface area contributed by atoms with Crippen molar-refractivity contribution in [3.63, 3.8) is 0 Å². The van der Waals surface area contributed by atoms with Crippen LogP contribution in [0.2, 0.25) is 0 Å². The second kappa shape index (κ2) is 4.44. The van der Waals surface area contributed by atoms with E-state index in [-0.39, 0.29) is 4.90 Å². The van der Waals surface area contributed by atoms with Gasteiger partial charge in [-0.25, -0.2) is 0 Å². The van der Waals surface area contributed by atoms with E-state index in [2.05, 4.69) is 6.58 Å². The molecular formula is C13H13NO3S. The third kappa shape index (κ3) is 2.10. The van der Waals surface area contributed by atoms with E-state index in [4.69, 9.17) is 5.73 Å². The lowest BCUT2D eigenvalue weighted by Gasteiger charge is -2.11. The van der Waals surface area contributed by atoms with Crippen molar-refractivity contribution in [2.24, 2.45) is 0 Å². The highest BCUT2D eigenvalue weighted by Crippen LogP contribution is 2.31. The molecule has 3 N–H and O–H groups in total. The van der Waals surface area contributed by atoms with Crippen LogP contribution >= 0.6 is 0 Å². The number of nitrogen functional groups attached to an aromatic ring is 1. The average Bonchev–Trinajstić information content (AvgIpc) is 2.28. The molecule has 0 unspecified atom stereocenters. The summed E-state index contributed by atoms with van der Waals surface area (Å²) in [6.45, 7) is 3.57. The van der Waals surface area contributed by atoms with Crippen molar-refractivity contribution in [3.8, 4) is 0 Å². The van der Waals surface area contributed by atoms with Crippen molar-refractivity contribution >= 4 is 26.6 Å². The zero-order chi connectivity index (χ0) is 13.3. The summed E-state index contributed by atoms with van der Waals surface area (Å²) in [4.78, 5) is -0.0906. The highest BCUT2D eigenvalue weighted by molar-refractivity contribution is 7.86. The highest BCUT2D eigenvalue weighted by Gasteiger charge is 2.19. The fourth-order valence-corrected chi connectivity index (χ4v) is 2.98. The van der Waals surface area contributed by atoms with Gasteiger partial charge in [0.05, 0.1) is 0 Å². The smallest absolute Gasteiger partial charge is 0.295 e. The maximum atomic E-state index is 11.5. The molecule has 2 aromatic carbocycles. The van der Waals surface area contributed by atoms with E-state index in [0.29, 0.717) is 28.4 Å². The summed E-state index contributed by atoms with van der Waals surface area (Å²) >= 11 is 0. The molecular weight excluding hydrogens is 250 g/mol. The normalized spacial score (nSPS) is 11.6. The SMILES string of the molecule is C=CCc1cc(N)c2ccccc2c1S(=O)(=O)O. The van der Waals surface area contributed by atoms with Gasteiger partial charge in [0.25, 0.3) is 10.1 Å². The number of hydrogen-bond acceptors (Lipinski definition) is 3. The molecule has 0 radical (unpaired) electrons. The van der Waals surface area contributed by atoms with Gasteiger partial charge in [-0.15, -0.1) is 6.58 Å². The van der Waals surface area contributed by atoms with E-state index in [9.17, 15) is 13.0 Å². The van der Waals surface area contributed by atoms with Gasteiger partial charge in [-0.1, -0.05) is 30.3 Å². The van der Waals surface area contributed by atoms with E-state index >= 15 is 0 Å². The lowest BCUT2D eigenvalue weighted by Crippen LogP contribution is -2.05. The van der Waals surface area contributed by atoms with Crippen LogP contribution in [0.4, 0.5) is 5.69 Å². The van der Waals surface area contributed by atoms with Gasteiger partial charge >= 0.3 is 0 Å². The van der Waals surface area contributed by atoms with E-state index < -0.39 is 10.1 Å². The topological polar surface area (TPSA) is 80.4 Å². The summed E-state index contributed by atoms with van der Waals surface area (Å²) in [5.41, 5.74) is 6.82. The molecule has 0 aliphatic rings. The lowest BCUT2D eigenvalue weighted by atomic mass is 10.0. The molecule has 0 bridgehead atoms. The van der Waals surface area contributed by atoms with Crippen LogP contribution in [0.25, 0.3) is 10.8 Å². The standard InChI is InChI=1S/C13H13NO3S/c1-2-5-9-8-12(14)10-6-3-4-7-11(10)13(9)18(15,16)17/h2-4,6-8H,1,5,14H2,(H,15,16,17). The van der Waals surface area contributed by atoms with E-state index in [0.717, 1.165) is 0 Å². The van der Waals surface area contributed by atoms with E-state index in [1.807, 2.05) is 0 Å². The largest absolute Gasteiger partial charge is 0.398 e. The van der Waals surface area contributed by atoms with Crippen LogP contribution < -0.4 is 5.73 Å². The first-order valence-electron chi connectivity index (χ1n) is 5.33. The lowest BCUT2D eigenvalue weighted by molar-refractivity contribution is 0.483. The third-order valence-electron chi connectivity index (χ3n) is 2.73. The van der Waals surface area contributed by atoms with Crippen molar-refractivity contribution in [1.82, 2.24) is 0 Å². The average molecular weight is 263 g/mol. The molecule has 5 heteroatoms. The summed E-state index contributed by atoms with van der Waals surface area (Å²) in [6, 6.07) is 8.37. The Balaban J connectivity index is 2.97. The first-order valence-corrected chi connectivity index (χ1v) is 6.77. The van der Waals surface area contributed by atoms with Gasteiger partial charge < -0.3 is 5.73 Å². The number of hydrogen-bond donors (Lipinski definition) is 2. The van der Waals surface area contributed by atoms with Gasteiger partial charge in [0, 0.05) is 16.5 Å². The molecule has 0 saturated carbocycles. The Bertz CT molecular complexity index is 720. The molecule has 0 saturated heterocycles. The molecule has 2 aromatic rings. The van der Waals surface area contributed by atoms with Crippen LogP contribution in [0.1, 0.15) is 5.56 Å². The third-order valence-corrected chi connectivity index (χ3v) is 3.72. The zero-order valence-corrected chi connectivity index (χ0v) is 10.4. The molecule has 0 aliphatic carbocycles. The molecule has 4 nitrogen and oxygen atoms in total. The second-order valence-corrected chi connectivity index (χ2v) is 5.33. The number of benzene rings is 2. The number of rotatable bonds is 3. The van der Waals surface area contributed by atoms with Gasteiger partial charge in [0.15, 0.2) is 0 Å². The van der Waals surface area contributed by atoms with Crippen molar-refractivity contribution in [2.45, 2.75) is 11.3 Å². The van der Waals surface area contributed by atoms with Crippen LogP contribution in [0.3, 0.4) is 0 Å². The Hall–Kier alpha value is -1.85. The summed E-state index contributed by atoms with van der Waals surface area (Å²) < 4.78 is 32.5. The van der Waals surface area contributed by atoms with Crippen molar-refractivity contribution in [1.29, 1.82) is 0 Å². The molecule has 2 rings (SSSR count). The quantitative estimate of drug-likeness (QED) is 0.506. The summed E-state index contributed by atoms with van der Waals surface area (Å²) in [5, 5.41) is 1.04. The molecule has 0 aliphatic heterocycles. The van der Waals surface area contributed by atoms with E-state index in [1.165, 1.54) is 0 Å². The highest BCUT2D eigenvalue weighted by atomic mass is 32.2. The van der Waals surface area contributed by atoms with Crippen LogP contribution in [-0.4, -0.2) is 13.0 Å². The summed E-state index contributed by atoms with van der Waals surface area (Å²) in [5.74, 6) is 0. The first-order chi connectivity index (χ1) is 8.45. The molecule has 0 heterocycles. The summed E-state index contributed by atoms with van der Waals surface area (Å²) in [6.07, 6.45) is 1.89. The van der Waals surface area contributed by atoms with Crippen LogP contribution in [0.5, 0.6) is 0 Å². The minimum absolute atomic E-state index is 0.0906. The predicted molar refractivity (Wildman–Crippen MR) is 72.1 cm³/mol. The van der Waals surface area contributed by atoms with Crippen LogP contribution in [0, 0.1) is 0 Å². The fraction of sp³-hybridized carbons (Fsp3) is 0.0769. The van der Waals surface area contributed by atoms with Crippen LogP contribution in [-0.2, 0) is 16.5 Å². The van der Waals surface area contributed by atoms with Crippen molar-refractivity contribution in [2.75, 3.05) is 5.73 Å². The molecule has 0 amide bonds. The van der Waals surface area contributed by atoms with Crippen LogP contribution in [0.15, 0.2) is 47.9 Å². The molecule has 0 fully saturated rings. The minimum atomic E-state index is -4.30. The zero-order valence-electron chi connectivity index (χ0n) is 9.63. The monoisotopic (exact) mass is 263 g/mol. The molecule has 0 aromatic heterocycles. The number of fused-ring (bicyclic) bond motifs is 1. The first kappa shape index (κ1) is 12.6. The number of allylic oxidation sites excluding steroid dienone is 1. The Morgan fingerprint density at radius 3 is 2.44 bits per heavy atom. The Morgan fingerprint density at radius 2 is 1.89 bits per heavy atom. The van der Waals surface area contributed by atoms with Gasteiger partial charge in [-0.3, -0.25) is 4.55 Å². The number of nitrogens with two attached hydrogens (primary N) is 1. The van der Waals surface area contributed by atoms with Gasteiger partial charge in [-0.05, 0) is 18.1 Å². The number of anilines is 1. The van der Waals surface area contributed by atoms with Gasteiger partial charge in [-0.2, -0.15) is 8.42 Å². The molecule has 0 spiro atoms. The van der Waals surface area contributed by atoms with Gasteiger partial charge in [0.2, 0.25) is 0 Å². The molecule has 94 valence electrons. The van der Waals surface area contributed by atoms with Crippen molar-refractivity contribution < 1.29 is 13.0 Å². The predicted octanol–water partition coefficient (Wildman–Crippen LogP) is 2.40. The van der Waals surface area contributed by atoms with Gasteiger partial charge in [0.1, 0.15) is 4.90 Å². The summed E-state index contributed by atoms with van der Waals surface area (Å²) in [7, 11) is -4.30. The maximum Gasteiger partial charge on any atom is 0.295 e. The Morgan fingerprint density at radius 1 is 1.28 bits per heavy atom. The maximum absolute atomic E-state index is 11.5. The second-order valence-electron chi connectivity index (χ2n) is 3.97. The molecule has 18 heavy (non-hydrogen) atoms. The minimum Gasteiger partial charge on any atom is -0.398 e. The Labute approximate surface area is 105 Å². The van der Waals surface area contributed by atoms with E-state index in [1.54, 1.807) is 36.4 Å². The Kier molecular flexibility index (Phi) is 3.11.